The average molecular weight is 252 g/mol. The highest BCUT2D eigenvalue weighted by atomic mass is 32.1. The molecular weight excluding hydrogens is 228 g/mol. The van der Waals surface area contributed by atoms with Gasteiger partial charge in [0.15, 0.2) is 0 Å². The van der Waals surface area contributed by atoms with E-state index in [1.165, 1.54) is 47.7 Å². The SMILES string of the molecule is CCC1CCCCC1(N)Cc1nc(C)c(C)s1. The van der Waals surface area contributed by atoms with Crippen molar-refractivity contribution in [2.24, 2.45) is 11.7 Å². The molecule has 1 fully saturated rings. The molecule has 3 heteroatoms. The first-order valence-electron chi connectivity index (χ1n) is 6.77. The van der Waals surface area contributed by atoms with Crippen LogP contribution < -0.4 is 5.73 Å². The Labute approximate surface area is 109 Å². The summed E-state index contributed by atoms with van der Waals surface area (Å²) in [4.78, 5) is 6.00. The summed E-state index contributed by atoms with van der Waals surface area (Å²) in [6.45, 7) is 6.52. The molecule has 0 aromatic carbocycles. The third kappa shape index (κ3) is 2.71. The van der Waals surface area contributed by atoms with E-state index in [1.54, 1.807) is 0 Å². The van der Waals surface area contributed by atoms with Crippen molar-refractivity contribution in [2.45, 2.75) is 64.8 Å². The van der Waals surface area contributed by atoms with E-state index in [4.69, 9.17) is 5.73 Å². The van der Waals surface area contributed by atoms with Gasteiger partial charge in [-0.2, -0.15) is 0 Å². The van der Waals surface area contributed by atoms with Crippen molar-refractivity contribution in [1.29, 1.82) is 0 Å². The summed E-state index contributed by atoms with van der Waals surface area (Å²) in [6.07, 6.45) is 7.30. The zero-order valence-electron chi connectivity index (χ0n) is 11.3. The maximum Gasteiger partial charge on any atom is 0.0949 e. The van der Waals surface area contributed by atoms with Crippen molar-refractivity contribution < 1.29 is 0 Å². The van der Waals surface area contributed by atoms with Crippen LogP contribution in [0, 0.1) is 19.8 Å². The summed E-state index contributed by atoms with van der Waals surface area (Å²) in [6, 6.07) is 0. The highest BCUT2D eigenvalue weighted by molar-refractivity contribution is 7.11. The van der Waals surface area contributed by atoms with Gasteiger partial charge < -0.3 is 5.73 Å². The van der Waals surface area contributed by atoms with Gasteiger partial charge in [-0.25, -0.2) is 4.98 Å². The second-order valence-corrected chi connectivity index (χ2v) is 6.80. The number of rotatable bonds is 3. The van der Waals surface area contributed by atoms with Crippen LogP contribution in [0.15, 0.2) is 0 Å². The van der Waals surface area contributed by atoms with E-state index in [9.17, 15) is 0 Å². The highest BCUT2D eigenvalue weighted by Crippen LogP contribution is 2.37. The van der Waals surface area contributed by atoms with Crippen molar-refractivity contribution in [1.82, 2.24) is 4.98 Å². The monoisotopic (exact) mass is 252 g/mol. The highest BCUT2D eigenvalue weighted by Gasteiger charge is 2.36. The normalized spacial score (nSPS) is 29.5. The number of thiazole rings is 1. The van der Waals surface area contributed by atoms with Crippen LogP contribution >= 0.6 is 11.3 Å². The Morgan fingerprint density at radius 1 is 1.41 bits per heavy atom. The predicted molar refractivity (Wildman–Crippen MR) is 74.5 cm³/mol. The standard InChI is InChI=1S/C14H24N2S/c1-4-12-7-5-6-8-14(12,15)9-13-16-10(2)11(3)17-13/h12H,4-9,15H2,1-3H3. The molecule has 1 saturated carbocycles. The molecule has 17 heavy (non-hydrogen) atoms. The number of hydrogen-bond acceptors (Lipinski definition) is 3. The van der Waals surface area contributed by atoms with Gasteiger partial charge in [0.25, 0.3) is 0 Å². The quantitative estimate of drug-likeness (QED) is 0.892. The molecule has 2 rings (SSSR count). The lowest BCUT2D eigenvalue weighted by Crippen LogP contribution is -2.50. The maximum absolute atomic E-state index is 6.67. The van der Waals surface area contributed by atoms with E-state index in [-0.39, 0.29) is 5.54 Å². The average Bonchev–Trinajstić information content (AvgIpc) is 2.57. The van der Waals surface area contributed by atoms with Gasteiger partial charge in [0.2, 0.25) is 0 Å². The number of nitrogens with zero attached hydrogens (tertiary/aromatic N) is 1. The third-order valence-corrected chi connectivity index (χ3v) is 5.38. The molecule has 1 aromatic heterocycles. The zero-order valence-corrected chi connectivity index (χ0v) is 12.1. The molecule has 1 heterocycles. The van der Waals surface area contributed by atoms with E-state index in [0.29, 0.717) is 5.92 Å². The van der Waals surface area contributed by atoms with E-state index in [1.807, 2.05) is 11.3 Å². The summed E-state index contributed by atoms with van der Waals surface area (Å²) >= 11 is 1.83. The van der Waals surface area contributed by atoms with E-state index in [0.717, 1.165) is 6.42 Å². The Morgan fingerprint density at radius 2 is 2.18 bits per heavy atom. The summed E-state index contributed by atoms with van der Waals surface area (Å²) in [5.74, 6) is 0.681. The van der Waals surface area contributed by atoms with Crippen LogP contribution in [0.5, 0.6) is 0 Å². The third-order valence-electron chi connectivity index (χ3n) is 4.30. The van der Waals surface area contributed by atoms with Crippen LogP contribution in [0.2, 0.25) is 0 Å². The molecule has 0 bridgehead atoms. The molecule has 0 spiro atoms. The largest absolute Gasteiger partial charge is 0.324 e. The lowest BCUT2D eigenvalue weighted by atomic mass is 9.70. The second kappa shape index (κ2) is 5.07. The Morgan fingerprint density at radius 3 is 2.76 bits per heavy atom. The molecule has 0 radical (unpaired) electrons. The second-order valence-electron chi connectivity index (χ2n) is 5.51. The van der Waals surface area contributed by atoms with Gasteiger partial charge in [-0.1, -0.05) is 26.2 Å². The van der Waals surface area contributed by atoms with Gasteiger partial charge in [0.05, 0.1) is 10.7 Å². The molecule has 2 N–H and O–H groups in total. The predicted octanol–water partition coefficient (Wildman–Crippen LogP) is 3.60. The summed E-state index contributed by atoms with van der Waals surface area (Å²) in [5, 5.41) is 1.24. The molecule has 2 unspecified atom stereocenters. The number of aromatic nitrogens is 1. The van der Waals surface area contributed by atoms with E-state index >= 15 is 0 Å². The van der Waals surface area contributed by atoms with Crippen molar-refractivity contribution in [3.8, 4) is 0 Å². The van der Waals surface area contributed by atoms with E-state index < -0.39 is 0 Å². The zero-order chi connectivity index (χ0) is 12.5. The topological polar surface area (TPSA) is 38.9 Å². The van der Waals surface area contributed by atoms with Crippen molar-refractivity contribution in [3.63, 3.8) is 0 Å². The summed E-state index contributed by atoms with van der Waals surface area (Å²) in [7, 11) is 0. The molecule has 0 saturated heterocycles. The summed E-state index contributed by atoms with van der Waals surface area (Å²) < 4.78 is 0. The number of nitrogens with two attached hydrogens (primary N) is 1. The molecule has 2 nitrogen and oxygen atoms in total. The first-order valence-corrected chi connectivity index (χ1v) is 7.58. The van der Waals surface area contributed by atoms with Crippen LogP contribution in [0.3, 0.4) is 0 Å². The Hall–Kier alpha value is -0.410. The van der Waals surface area contributed by atoms with Crippen molar-refractivity contribution in [2.75, 3.05) is 0 Å². The fourth-order valence-corrected chi connectivity index (χ4v) is 4.15. The minimum absolute atomic E-state index is 0.00370. The van der Waals surface area contributed by atoms with Gasteiger partial charge in [-0.05, 0) is 32.6 Å². The molecule has 1 aromatic rings. The molecule has 2 atom stereocenters. The molecule has 1 aliphatic carbocycles. The van der Waals surface area contributed by atoms with Gasteiger partial charge in [-0.3, -0.25) is 0 Å². The minimum Gasteiger partial charge on any atom is -0.324 e. The number of hydrogen-bond donors (Lipinski definition) is 1. The lowest BCUT2D eigenvalue weighted by molar-refractivity contribution is 0.182. The van der Waals surface area contributed by atoms with Crippen LogP contribution in [0.4, 0.5) is 0 Å². The fraction of sp³-hybridized carbons (Fsp3) is 0.786. The Bertz CT molecular complexity index is 366. The van der Waals surface area contributed by atoms with Crippen LogP contribution in [0.25, 0.3) is 0 Å². The molecular formula is C14H24N2S. The van der Waals surface area contributed by atoms with Gasteiger partial charge in [-0.15, -0.1) is 11.3 Å². The van der Waals surface area contributed by atoms with Crippen molar-refractivity contribution in [3.05, 3.63) is 15.6 Å². The molecule has 1 aliphatic rings. The molecule has 0 amide bonds. The van der Waals surface area contributed by atoms with Crippen LogP contribution in [-0.2, 0) is 6.42 Å². The van der Waals surface area contributed by atoms with Gasteiger partial charge in [0.1, 0.15) is 0 Å². The van der Waals surface area contributed by atoms with Crippen molar-refractivity contribution >= 4 is 11.3 Å². The van der Waals surface area contributed by atoms with E-state index in [2.05, 4.69) is 25.8 Å². The fourth-order valence-electron chi connectivity index (χ4n) is 3.08. The first kappa shape index (κ1) is 13.0. The Balaban J connectivity index is 2.14. The minimum atomic E-state index is 0.00370. The van der Waals surface area contributed by atoms with Crippen LogP contribution in [0.1, 0.15) is 54.6 Å². The lowest BCUT2D eigenvalue weighted by Gasteiger charge is -2.40. The molecule has 96 valence electrons. The first-order chi connectivity index (χ1) is 8.05. The van der Waals surface area contributed by atoms with Gasteiger partial charge >= 0.3 is 0 Å². The number of aryl methyl sites for hydroxylation is 2. The smallest absolute Gasteiger partial charge is 0.0949 e. The van der Waals surface area contributed by atoms with Crippen LogP contribution in [-0.4, -0.2) is 10.5 Å². The summed E-state index contributed by atoms with van der Waals surface area (Å²) in [5.41, 5.74) is 7.85. The van der Waals surface area contributed by atoms with Gasteiger partial charge in [0, 0.05) is 16.8 Å². The Kier molecular flexibility index (Phi) is 3.88. The maximum atomic E-state index is 6.67. The molecule has 0 aliphatic heterocycles.